The van der Waals surface area contributed by atoms with Crippen molar-refractivity contribution in [3.8, 4) is 0 Å². The fourth-order valence-electron chi connectivity index (χ4n) is 0.676. The van der Waals surface area contributed by atoms with E-state index < -0.39 is 0 Å². The number of hydrogen-bond donors (Lipinski definition) is 1. The maximum Gasteiger partial charge on any atom is 0.0625 e. The van der Waals surface area contributed by atoms with Crippen molar-refractivity contribution in [2.45, 2.75) is 32.6 Å². The van der Waals surface area contributed by atoms with E-state index in [1.54, 1.807) is 0 Å². The molecule has 0 bridgehead atoms. The van der Waals surface area contributed by atoms with Crippen molar-refractivity contribution in [1.29, 1.82) is 0 Å². The van der Waals surface area contributed by atoms with Gasteiger partial charge in [-0.3, -0.25) is 5.43 Å². The molecule has 2 nitrogen and oxygen atoms in total. The zero-order valence-electron chi connectivity index (χ0n) is 5.89. The minimum Gasteiger partial charge on any atom is -0.299 e. The van der Waals surface area contributed by atoms with Crippen LogP contribution in [0.4, 0.5) is 0 Å². The van der Waals surface area contributed by atoms with Crippen LogP contribution in [0, 0.1) is 0 Å². The molecule has 0 heterocycles. The number of rotatable bonds is 6. The fraction of sp³-hybridized carbons (Fsp3) is 1.00. The molecule has 0 saturated heterocycles. The van der Waals surface area contributed by atoms with Crippen LogP contribution in [0.1, 0.15) is 32.6 Å². The van der Waals surface area contributed by atoms with Crippen LogP contribution < -0.4 is 5.43 Å². The Hall–Kier alpha value is -0.180. The first-order chi connectivity index (χ1) is 4.41. The molecule has 9 heavy (non-hydrogen) atoms. The summed E-state index contributed by atoms with van der Waals surface area (Å²) in [5.41, 5.74) is 2.75. The molecule has 0 aliphatic heterocycles. The molecule has 54 valence electrons. The lowest BCUT2D eigenvalue weighted by molar-refractivity contribution is 0.619. The Morgan fingerprint density at radius 3 is 2.67 bits per heavy atom. The topological polar surface area (TPSA) is 24.4 Å². The van der Waals surface area contributed by atoms with Gasteiger partial charge >= 0.3 is 0 Å². The van der Waals surface area contributed by atoms with Crippen LogP contribution in [0.3, 0.4) is 0 Å². The van der Waals surface area contributed by atoms with Crippen LogP contribution >= 0.6 is 0 Å². The molecule has 0 atom stereocenters. The van der Waals surface area contributed by atoms with Gasteiger partial charge < -0.3 is 0 Å². The van der Waals surface area contributed by atoms with Gasteiger partial charge in [0.1, 0.15) is 0 Å². The van der Waals surface area contributed by atoms with E-state index >= 15 is 0 Å². The third kappa shape index (κ3) is 7.82. The molecule has 3 heteroatoms. The van der Waals surface area contributed by atoms with Gasteiger partial charge in [-0.15, -0.1) is 4.47 Å². The van der Waals surface area contributed by atoms with Gasteiger partial charge in [-0.25, -0.2) is 0 Å². The molecule has 0 aromatic rings. The Morgan fingerprint density at radius 1 is 1.33 bits per heavy atom. The van der Waals surface area contributed by atoms with Gasteiger partial charge in [-0.1, -0.05) is 26.2 Å². The molecule has 1 N–H and O–H groups in total. The van der Waals surface area contributed by atoms with Crippen LogP contribution in [-0.4, -0.2) is 6.54 Å². The molecule has 0 spiro atoms. The van der Waals surface area contributed by atoms with Crippen LogP contribution in [0.5, 0.6) is 0 Å². The lowest BCUT2D eigenvalue weighted by Crippen LogP contribution is -2.05. The van der Waals surface area contributed by atoms with E-state index in [4.69, 9.17) is 0 Å². The van der Waals surface area contributed by atoms with Crippen LogP contribution in [0.15, 0.2) is 4.47 Å². The quantitative estimate of drug-likeness (QED) is 0.456. The zero-order chi connectivity index (χ0) is 6.95. The number of nitrogens with one attached hydrogen (secondary N) is 1. The minimum atomic E-state index is 0.934. The highest BCUT2D eigenvalue weighted by Crippen LogP contribution is 1.96. The zero-order valence-corrected chi connectivity index (χ0v) is 6.71. The lowest BCUT2D eigenvalue weighted by atomic mass is 10.2. The number of hydrogen-bond acceptors (Lipinski definition) is 2. The summed E-state index contributed by atoms with van der Waals surface area (Å²) in [6.45, 7) is 3.13. The van der Waals surface area contributed by atoms with Crippen molar-refractivity contribution in [3.63, 3.8) is 0 Å². The van der Waals surface area contributed by atoms with Crippen molar-refractivity contribution in [2.24, 2.45) is 4.47 Å². The third-order valence-corrected chi connectivity index (χ3v) is 1.34. The molecule has 0 amide bonds. The number of nitrogens with zero attached hydrogens (tertiary/aromatic N) is 1. The first-order valence-electron chi connectivity index (χ1n) is 3.47. The molecule has 0 aliphatic carbocycles. The van der Waals surface area contributed by atoms with Gasteiger partial charge in [0, 0.05) is 6.54 Å². The molecule has 0 aliphatic rings. The van der Waals surface area contributed by atoms with Gasteiger partial charge in [0.25, 0.3) is 0 Å². The highest BCUT2D eigenvalue weighted by Gasteiger charge is 1.84. The van der Waals surface area contributed by atoms with E-state index in [9.17, 15) is 0 Å². The maximum atomic E-state index is 4.34. The highest BCUT2D eigenvalue weighted by atomic mass is 32.1. The Balaban J connectivity index is 2.66. The minimum absolute atomic E-state index is 0.934. The Kier molecular flexibility index (Phi) is 7.66. The van der Waals surface area contributed by atoms with Gasteiger partial charge in [-0.2, -0.15) is 0 Å². The van der Waals surface area contributed by atoms with E-state index in [0.717, 1.165) is 6.54 Å². The second kappa shape index (κ2) is 7.82. The molecule has 0 aromatic heterocycles. The van der Waals surface area contributed by atoms with Crippen LogP contribution in [-0.2, 0) is 12.4 Å². The van der Waals surface area contributed by atoms with Crippen molar-refractivity contribution < 1.29 is 0 Å². The van der Waals surface area contributed by atoms with Crippen molar-refractivity contribution in [2.75, 3.05) is 6.54 Å². The average molecular weight is 146 g/mol. The molecule has 0 fully saturated rings. The van der Waals surface area contributed by atoms with E-state index in [1.165, 1.54) is 25.7 Å². The largest absolute Gasteiger partial charge is 0.299 e. The first-order valence-corrected chi connectivity index (χ1v) is 3.83. The van der Waals surface area contributed by atoms with Gasteiger partial charge in [0.2, 0.25) is 0 Å². The second-order valence-corrected chi connectivity index (χ2v) is 2.24. The Labute approximate surface area is 62.2 Å². The third-order valence-electron chi connectivity index (χ3n) is 1.21. The summed E-state index contributed by atoms with van der Waals surface area (Å²) in [6, 6.07) is 0. The summed E-state index contributed by atoms with van der Waals surface area (Å²) in [6.07, 6.45) is 5.08. The standard InChI is InChI=1S/C6H14N2S/c1-2-3-4-5-6-7-8-9/h2-6H2,1H3,(H,7,9). The van der Waals surface area contributed by atoms with E-state index in [2.05, 4.69) is 29.2 Å². The predicted octanol–water partition coefficient (Wildman–Crippen LogP) is 1.80. The smallest absolute Gasteiger partial charge is 0.0625 e. The average Bonchev–Trinajstić information content (AvgIpc) is 1.89. The normalized spacial score (nSPS) is 9.00. The van der Waals surface area contributed by atoms with E-state index in [1.807, 2.05) is 0 Å². The SMILES string of the molecule is CCCCCCNN=S. The lowest BCUT2D eigenvalue weighted by Gasteiger charge is -1.96. The Bertz CT molecular complexity index is 66.1. The summed E-state index contributed by atoms with van der Waals surface area (Å²) in [5, 5.41) is 0. The van der Waals surface area contributed by atoms with Crippen molar-refractivity contribution >= 4 is 12.4 Å². The maximum absolute atomic E-state index is 4.34. The van der Waals surface area contributed by atoms with Crippen molar-refractivity contribution in [1.82, 2.24) is 5.43 Å². The van der Waals surface area contributed by atoms with E-state index in [0.29, 0.717) is 0 Å². The molecule has 0 radical (unpaired) electrons. The summed E-state index contributed by atoms with van der Waals surface area (Å²) in [5.74, 6) is 0. The molecule has 0 rings (SSSR count). The molecule has 0 unspecified atom stereocenters. The summed E-state index contributed by atoms with van der Waals surface area (Å²) >= 11 is 4.34. The summed E-state index contributed by atoms with van der Waals surface area (Å²) in [7, 11) is 0. The molecule has 0 saturated carbocycles. The summed E-state index contributed by atoms with van der Waals surface area (Å²) < 4.78 is 3.37. The van der Waals surface area contributed by atoms with Crippen LogP contribution in [0.25, 0.3) is 0 Å². The Morgan fingerprint density at radius 2 is 2.11 bits per heavy atom. The first kappa shape index (κ1) is 8.82. The van der Waals surface area contributed by atoms with Crippen molar-refractivity contribution in [3.05, 3.63) is 0 Å². The fourth-order valence-corrected chi connectivity index (χ4v) is 0.768. The van der Waals surface area contributed by atoms with Gasteiger partial charge in [0.05, 0.1) is 12.4 Å². The monoisotopic (exact) mass is 146 g/mol. The van der Waals surface area contributed by atoms with Crippen LogP contribution in [0.2, 0.25) is 0 Å². The highest BCUT2D eigenvalue weighted by molar-refractivity contribution is 7.47. The predicted molar refractivity (Wildman–Crippen MR) is 41.9 cm³/mol. The van der Waals surface area contributed by atoms with Gasteiger partial charge in [0.15, 0.2) is 0 Å². The molecular weight excluding hydrogens is 132 g/mol. The number of unbranched alkanes of at least 4 members (excludes halogenated alkanes) is 3. The van der Waals surface area contributed by atoms with E-state index in [-0.39, 0.29) is 0 Å². The molecular formula is C6H14N2S. The van der Waals surface area contributed by atoms with Gasteiger partial charge in [-0.05, 0) is 6.42 Å². The summed E-state index contributed by atoms with van der Waals surface area (Å²) in [4.78, 5) is 0. The molecule has 0 aromatic carbocycles. The second-order valence-electron chi connectivity index (χ2n) is 2.06.